The number of carbonyl (C=O) groups excluding carboxylic acids is 1. The second-order valence-corrected chi connectivity index (χ2v) is 6.68. The van der Waals surface area contributed by atoms with Crippen LogP contribution in [0.4, 0.5) is 4.39 Å². The molecule has 6 heteroatoms. The van der Waals surface area contributed by atoms with Crippen LogP contribution >= 0.6 is 0 Å². The van der Waals surface area contributed by atoms with Gasteiger partial charge in [-0.1, -0.05) is 18.7 Å². The van der Waals surface area contributed by atoms with Crippen LogP contribution < -0.4 is 10.6 Å². The highest BCUT2D eigenvalue weighted by molar-refractivity contribution is 5.97. The van der Waals surface area contributed by atoms with E-state index in [4.69, 9.17) is 0 Å². The van der Waals surface area contributed by atoms with Gasteiger partial charge in [0.25, 0.3) is 5.91 Å². The van der Waals surface area contributed by atoms with Crippen LogP contribution in [0.15, 0.2) is 67.0 Å². The van der Waals surface area contributed by atoms with E-state index < -0.39 is 23.4 Å². The van der Waals surface area contributed by atoms with Gasteiger partial charge in [-0.2, -0.15) is 0 Å². The Morgan fingerprint density at radius 1 is 1.30 bits per heavy atom. The van der Waals surface area contributed by atoms with Crippen molar-refractivity contribution in [2.75, 3.05) is 7.05 Å². The van der Waals surface area contributed by atoms with Crippen LogP contribution in [0.2, 0.25) is 0 Å². The van der Waals surface area contributed by atoms with Crippen LogP contribution in [-0.2, 0) is 4.79 Å². The summed E-state index contributed by atoms with van der Waals surface area (Å²) in [5.74, 6) is -0.905. The SMILES string of the molecule is C=C(/C=C(\NC)c1ccncc1)C(=O)NC(c1cccc(F)c1)C(C)(C)O. The first-order chi connectivity index (χ1) is 12.7. The van der Waals surface area contributed by atoms with Gasteiger partial charge < -0.3 is 15.7 Å². The number of hydrogen-bond acceptors (Lipinski definition) is 4. The third kappa shape index (κ3) is 5.49. The molecule has 0 spiro atoms. The van der Waals surface area contributed by atoms with E-state index in [1.165, 1.54) is 18.2 Å². The fourth-order valence-corrected chi connectivity index (χ4v) is 2.65. The second kappa shape index (κ2) is 8.60. The zero-order valence-corrected chi connectivity index (χ0v) is 15.7. The second-order valence-electron chi connectivity index (χ2n) is 6.68. The fourth-order valence-electron chi connectivity index (χ4n) is 2.65. The number of carbonyl (C=O) groups is 1. The van der Waals surface area contributed by atoms with E-state index >= 15 is 0 Å². The molecule has 1 unspecified atom stereocenters. The number of nitrogens with zero attached hydrogens (tertiary/aromatic N) is 1. The molecule has 0 aliphatic rings. The maximum Gasteiger partial charge on any atom is 0.251 e. The normalized spacial score (nSPS) is 13.0. The Labute approximate surface area is 158 Å². The standard InChI is InChI=1S/C21H24FN3O2/c1-14(12-18(23-4)15-8-10-24-11-9-15)20(26)25-19(21(2,3)27)16-6-5-7-17(22)13-16/h5-13,19,23,27H,1H2,2-4H3,(H,25,26)/b18-12-. The van der Waals surface area contributed by atoms with Gasteiger partial charge in [-0.25, -0.2) is 4.39 Å². The van der Waals surface area contributed by atoms with Gasteiger partial charge in [-0.15, -0.1) is 0 Å². The third-order valence-electron chi connectivity index (χ3n) is 4.03. The summed E-state index contributed by atoms with van der Waals surface area (Å²) in [6, 6.07) is 8.59. The van der Waals surface area contributed by atoms with E-state index in [0.29, 0.717) is 11.3 Å². The molecule has 0 fully saturated rings. The largest absolute Gasteiger partial charge is 0.388 e. The Hall–Kier alpha value is -2.99. The predicted octanol–water partition coefficient (Wildman–Crippen LogP) is 2.97. The Kier molecular flexibility index (Phi) is 6.47. The van der Waals surface area contributed by atoms with Gasteiger partial charge in [0.05, 0.1) is 11.6 Å². The highest BCUT2D eigenvalue weighted by atomic mass is 19.1. The maximum absolute atomic E-state index is 13.6. The van der Waals surface area contributed by atoms with Crippen LogP contribution in [0.25, 0.3) is 5.70 Å². The molecule has 0 aliphatic heterocycles. The molecule has 27 heavy (non-hydrogen) atoms. The Morgan fingerprint density at radius 3 is 2.52 bits per heavy atom. The molecule has 2 aromatic rings. The molecule has 0 aliphatic carbocycles. The summed E-state index contributed by atoms with van der Waals surface area (Å²) in [7, 11) is 1.74. The molecule has 0 radical (unpaired) electrons. The van der Waals surface area contributed by atoms with E-state index in [-0.39, 0.29) is 5.57 Å². The summed E-state index contributed by atoms with van der Waals surface area (Å²) >= 11 is 0. The van der Waals surface area contributed by atoms with E-state index in [2.05, 4.69) is 22.2 Å². The van der Waals surface area contributed by atoms with Crippen molar-refractivity contribution in [2.24, 2.45) is 0 Å². The van der Waals surface area contributed by atoms with Crippen LogP contribution in [0.5, 0.6) is 0 Å². The van der Waals surface area contributed by atoms with Crippen molar-refractivity contribution < 1.29 is 14.3 Å². The van der Waals surface area contributed by atoms with Gasteiger partial charge in [-0.3, -0.25) is 9.78 Å². The Morgan fingerprint density at radius 2 is 1.96 bits per heavy atom. The number of benzene rings is 1. The van der Waals surface area contributed by atoms with Crippen molar-refractivity contribution in [3.63, 3.8) is 0 Å². The summed E-state index contributed by atoms with van der Waals surface area (Å²) in [5, 5.41) is 16.2. The molecule has 1 aromatic carbocycles. The minimum absolute atomic E-state index is 0.196. The topological polar surface area (TPSA) is 74.2 Å². The van der Waals surface area contributed by atoms with Crippen LogP contribution in [-0.4, -0.2) is 28.6 Å². The molecular weight excluding hydrogens is 345 g/mol. The molecule has 2 rings (SSSR count). The number of nitrogens with one attached hydrogen (secondary N) is 2. The summed E-state index contributed by atoms with van der Waals surface area (Å²) in [6.07, 6.45) is 4.91. The van der Waals surface area contributed by atoms with Crippen molar-refractivity contribution >= 4 is 11.6 Å². The van der Waals surface area contributed by atoms with Gasteiger partial charge in [0.15, 0.2) is 0 Å². The van der Waals surface area contributed by atoms with E-state index in [1.807, 2.05) is 0 Å². The lowest BCUT2D eigenvalue weighted by molar-refractivity contribution is -0.119. The van der Waals surface area contributed by atoms with Gasteiger partial charge in [0.1, 0.15) is 5.82 Å². The molecule has 1 atom stereocenters. The molecule has 5 nitrogen and oxygen atoms in total. The zero-order chi connectivity index (χ0) is 20.0. The van der Waals surface area contributed by atoms with E-state index in [0.717, 1.165) is 5.56 Å². The fraction of sp³-hybridized carbons (Fsp3) is 0.238. The Bertz CT molecular complexity index is 842. The lowest BCUT2D eigenvalue weighted by Gasteiger charge is -2.30. The molecule has 1 amide bonds. The van der Waals surface area contributed by atoms with Crippen molar-refractivity contribution in [3.8, 4) is 0 Å². The average Bonchev–Trinajstić information content (AvgIpc) is 2.63. The highest BCUT2D eigenvalue weighted by Gasteiger charge is 2.30. The average molecular weight is 369 g/mol. The lowest BCUT2D eigenvalue weighted by Crippen LogP contribution is -2.42. The summed E-state index contributed by atoms with van der Waals surface area (Å²) in [6.45, 7) is 6.92. The van der Waals surface area contributed by atoms with Crippen molar-refractivity contribution in [1.29, 1.82) is 0 Å². The van der Waals surface area contributed by atoms with Crippen molar-refractivity contribution in [3.05, 3.63) is 84.0 Å². The molecular formula is C21H24FN3O2. The molecule has 3 N–H and O–H groups in total. The smallest absolute Gasteiger partial charge is 0.251 e. The number of pyridine rings is 1. The molecule has 0 saturated carbocycles. The molecule has 1 aromatic heterocycles. The van der Waals surface area contributed by atoms with Crippen LogP contribution in [0.1, 0.15) is 31.0 Å². The molecule has 0 bridgehead atoms. The van der Waals surface area contributed by atoms with Crippen molar-refractivity contribution in [1.82, 2.24) is 15.6 Å². The Balaban J connectivity index is 2.24. The number of halogens is 1. The summed E-state index contributed by atoms with van der Waals surface area (Å²) in [5.41, 5.74) is 0.913. The molecule has 1 heterocycles. The van der Waals surface area contributed by atoms with E-state index in [1.54, 1.807) is 57.6 Å². The molecule has 0 saturated heterocycles. The number of hydrogen-bond donors (Lipinski definition) is 3. The predicted molar refractivity (Wildman–Crippen MR) is 104 cm³/mol. The number of amides is 1. The van der Waals surface area contributed by atoms with Gasteiger partial charge >= 0.3 is 0 Å². The first-order valence-corrected chi connectivity index (χ1v) is 8.50. The van der Waals surface area contributed by atoms with Gasteiger partial charge in [0.2, 0.25) is 0 Å². The minimum Gasteiger partial charge on any atom is -0.388 e. The van der Waals surface area contributed by atoms with Crippen LogP contribution in [0.3, 0.4) is 0 Å². The molecule has 142 valence electrons. The summed E-state index contributed by atoms with van der Waals surface area (Å²) in [4.78, 5) is 16.6. The van der Waals surface area contributed by atoms with Crippen molar-refractivity contribution in [2.45, 2.75) is 25.5 Å². The zero-order valence-electron chi connectivity index (χ0n) is 15.7. The quantitative estimate of drug-likeness (QED) is 0.518. The van der Waals surface area contributed by atoms with E-state index in [9.17, 15) is 14.3 Å². The number of rotatable bonds is 7. The van der Waals surface area contributed by atoms with Crippen LogP contribution in [0, 0.1) is 5.82 Å². The number of aliphatic hydroxyl groups is 1. The van der Waals surface area contributed by atoms with Gasteiger partial charge in [-0.05, 0) is 49.8 Å². The lowest BCUT2D eigenvalue weighted by atomic mass is 9.91. The maximum atomic E-state index is 13.6. The third-order valence-corrected chi connectivity index (χ3v) is 4.03. The van der Waals surface area contributed by atoms with Gasteiger partial charge in [0, 0.05) is 36.3 Å². The first-order valence-electron chi connectivity index (χ1n) is 8.50. The minimum atomic E-state index is -1.30. The summed E-state index contributed by atoms with van der Waals surface area (Å²) < 4.78 is 13.6. The number of aromatic nitrogens is 1. The monoisotopic (exact) mass is 369 g/mol. The first kappa shape index (κ1) is 20.3. The highest BCUT2D eigenvalue weighted by Crippen LogP contribution is 2.26.